The van der Waals surface area contributed by atoms with E-state index in [4.69, 9.17) is 0 Å². The van der Waals surface area contributed by atoms with Crippen molar-refractivity contribution in [2.45, 2.75) is 63.2 Å². The van der Waals surface area contributed by atoms with E-state index in [0.717, 1.165) is 19.4 Å². The van der Waals surface area contributed by atoms with E-state index in [-0.39, 0.29) is 4.83 Å². The molecule has 2 fully saturated rings. The van der Waals surface area contributed by atoms with Crippen molar-refractivity contribution in [2.75, 3.05) is 6.54 Å². The van der Waals surface area contributed by atoms with Gasteiger partial charge in [0.15, 0.2) is 0 Å². The molecule has 17 heavy (non-hydrogen) atoms. The largest absolute Gasteiger partial charge is 0.338 e. The zero-order valence-corrected chi connectivity index (χ0v) is 12.6. The number of hydrogen-bond donors (Lipinski definition) is 0. The van der Waals surface area contributed by atoms with Crippen LogP contribution in [0.3, 0.4) is 0 Å². The molecule has 0 N–H and O–H groups in total. The van der Waals surface area contributed by atoms with Gasteiger partial charge in [0.1, 0.15) is 0 Å². The molecule has 2 nitrogen and oxygen atoms in total. The van der Waals surface area contributed by atoms with Gasteiger partial charge in [-0.3, -0.25) is 4.79 Å². The Morgan fingerprint density at radius 1 is 1.18 bits per heavy atom. The summed E-state index contributed by atoms with van der Waals surface area (Å²) in [6.07, 6.45) is 7.33. The molecule has 1 saturated heterocycles. The van der Waals surface area contributed by atoms with E-state index in [1.807, 2.05) is 0 Å². The second-order valence-electron chi connectivity index (χ2n) is 5.90. The molecule has 98 valence electrons. The van der Waals surface area contributed by atoms with E-state index in [1.165, 1.54) is 25.7 Å². The number of likely N-dealkylation sites (tertiary alicyclic amines) is 1. The predicted octanol–water partition coefficient (Wildman–Crippen LogP) is 3.59. The summed E-state index contributed by atoms with van der Waals surface area (Å²) in [4.78, 5) is 14.5. The van der Waals surface area contributed by atoms with Gasteiger partial charge in [-0.25, -0.2) is 0 Å². The summed E-state index contributed by atoms with van der Waals surface area (Å²) in [7, 11) is 0. The molecule has 3 atom stereocenters. The van der Waals surface area contributed by atoms with Gasteiger partial charge in [-0.15, -0.1) is 0 Å². The number of alkyl halides is 1. The van der Waals surface area contributed by atoms with Crippen LogP contribution in [0.5, 0.6) is 0 Å². The van der Waals surface area contributed by atoms with Crippen LogP contribution in [-0.2, 0) is 4.79 Å². The molecule has 1 saturated carbocycles. The van der Waals surface area contributed by atoms with Gasteiger partial charge in [-0.1, -0.05) is 42.6 Å². The minimum Gasteiger partial charge on any atom is -0.338 e. The van der Waals surface area contributed by atoms with Crippen molar-refractivity contribution in [3.63, 3.8) is 0 Å². The summed E-state index contributed by atoms with van der Waals surface area (Å²) in [6, 6.07) is 0.511. The molecule has 3 unspecified atom stereocenters. The Labute approximate surface area is 113 Å². The molecular formula is C14H24BrNO. The Hall–Kier alpha value is -0.0500. The van der Waals surface area contributed by atoms with E-state index >= 15 is 0 Å². The first-order valence-corrected chi connectivity index (χ1v) is 7.97. The zero-order chi connectivity index (χ0) is 12.4. The number of carbonyl (C=O) groups excluding carboxylic acids is 1. The Balaban J connectivity index is 2.10. The molecule has 2 aliphatic rings. The smallest absolute Gasteiger partial charge is 0.236 e. The maximum absolute atomic E-state index is 12.3. The summed E-state index contributed by atoms with van der Waals surface area (Å²) in [6.45, 7) is 5.60. The fraction of sp³-hybridized carbons (Fsp3) is 0.929. The van der Waals surface area contributed by atoms with Crippen molar-refractivity contribution in [3.05, 3.63) is 0 Å². The summed E-state index contributed by atoms with van der Waals surface area (Å²) in [5.41, 5.74) is 0. The summed E-state index contributed by atoms with van der Waals surface area (Å²) in [5, 5.41) is 0. The molecule has 3 heteroatoms. The van der Waals surface area contributed by atoms with Crippen LogP contribution in [0.15, 0.2) is 0 Å². The third-order valence-electron chi connectivity index (χ3n) is 4.45. The minimum absolute atomic E-state index is 0.0750. The lowest BCUT2D eigenvalue weighted by atomic mass is 9.76. The zero-order valence-electron chi connectivity index (χ0n) is 11.0. The number of piperidine rings is 1. The van der Waals surface area contributed by atoms with Crippen LogP contribution >= 0.6 is 15.9 Å². The maximum atomic E-state index is 12.3. The number of rotatable bonds is 2. The molecule has 2 rings (SSSR count). The highest BCUT2D eigenvalue weighted by atomic mass is 79.9. The number of amides is 1. The number of carbonyl (C=O) groups is 1. The maximum Gasteiger partial charge on any atom is 0.236 e. The first-order chi connectivity index (χ1) is 8.11. The number of halogens is 1. The molecule has 0 spiro atoms. The molecule has 1 aliphatic carbocycles. The molecular weight excluding hydrogens is 278 g/mol. The lowest BCUT2D eigenvalue weighted by Gasteiger charge is -2.44. The second-order valence-corrected chi connectivity index (χ2v) is 7.01. The molecule has 1 aliphatic heterocycles. The van der Waals surface area contributed by atoms with Crippen LogP contribution < -0.4 is 0 Å². The van der Waals surface area contributed by atoms with E-state index in [0.29, 0.717) is 23.8 Å². The van der Waals surface area contributed by atoms with Gasteiger partial charge in [-0.05, 0) is 37.5 Å². The summed E-state index contributed by atoms with van der Waals surface area (Å²) in [5.74, 6) is 1.75. The number of hydrogen-bond acceptors (Lipinski definition) is 1. The molecule has 1 amide bonds. The molecule has 1 heterocycles. The lowest BCUT2D eigenvalue weighted by molar-refractivity contribution is -0.137. The highest BCUT2D eigenvalue weighted by molar-refractivity contribution is 9.10. The van der Waals surface area contributed by atoms with Crippen molar-refractivity contribution in [1.29, 1.82) is 0 Å². The molecule has 0 aromatic heterocycles. The van der Waals surface area contributed by atoms with E-state index < -0.39 is 0 Å². The van der Waals surface area contributed by atoms with Crippen molar-refractivity contribution < 1.29 is 4.79 Å². The van der Waals surface area contributed by atoms with Crippen LogP contribution in [0.2, 0.25) is 0 Å². The quantitative estimate of drug-likeness (QED) is 0.714. The van der Waals surface area contributed by atoms with Crippen molar-refractivity contribution in [3.8, 4) is 0 Å². The third-order valence-corrected chi connectivity index (χ3v) is 5.30. The van der Waals surface area contributed by atoms with Gasteiger partial charge in [0, 0.05) is 12.6 Å². The minimum atomic E-state index is 0.0750. The topological polar surface area (TPSA) is 20.3 Å². The molecule has 0 bridgehead atoms. The monoisotopic (exact) mass is 301 g/mol. The Kier molecular flexibility index (Phi) is 4.51. The summed E-state index contributed by atoms with van der Waals surface area (Å²) >= 11 is 3.53. The lowest BCUT2D eigenvalue weighted by Crippen LogP contribution is -2.52. The Morgan fingerprint density at radius 2 is 1.88 bits per heavy atom. The highest BCUT2D eigenvalue weighted by Gasteiger charge is 2.37. The van der Waals surface area contributed by atoms with Crippen molar-refractivity contribution >= 4 is 21.8 Å². The van der Waals surface area contributed by atoms with Gasteiger partial charge < -0.3 is 4.90 Å². The van der Waals surface area contributed by atoms with Gasteiger partial charge in [0.25, 0.3) is 0 Å². The Morgan fingerprint density at radius 3 is 2.59 bits per heavy atom. The molecule has 0 radical (unpaired) electrons. The van der Waals surface area contributed by atoms with Gasteiger partial charge in [-0.2, -0.15) is 0 Å². The fourth-order valence-corrected chi connectivity index (χ4v) is 4.08. The van der Waals surface area contributed by atoms with Crippen LogP contribution in [0.1, 0.15) is 52.4 Å². The van der Waals surface area contributed by atoms with Gasteiger partial charge in [0.05, 0.1) is 4.83 Å². The second kappa shape index (κ2) is 5.73. The van der Waals surface area contributed by atoms with E-state index in [2.05, 4.69) is 34.7 Å². The first-order valence-electron chi connectivity index (χ1n) is 7.06. The summed E-state index contributed by atoms with van der Waals surface area (Å²) < 4.78 is 0. The number of nitrogens with zero attached hydrogens (tertiary/aromatic N) is 1. The van der Waals surface area contributed by atoms with Gasteiger partial charge in [0.2, 0.25) is 5.91 Å². The molecule has 0 aromatic rings. The van der Waals surface area contributed by atoms with E-state index in [9.17, 15) is 4.79 Å². The standard InChI is InChI=1S/C14H24BrNO/c1-10(2)11-6-3-4-8-13(11)16-9-5-7-12(15)14(16)17/h10-13H,3-9H2,1-2H3. The average Bonchev–Trinajstić information content (AvgIpc) is 2.33. The van der Waals surface area contributed by atoms with Crippen molar-refractivity contribution in [1.82, 2.24) is 4.90 Å². The SMILES string of the molecule is CC(C)C1CCCCC1N1CCCC(Br)C1=O. The first kappa shape index (κ1) is 13.4. The van der Waals surface area contributed by atoms with Crippen LogP contribution in [0.25, 0.3) is 0 Å². The van der Waals surface area contributed by atoms with Crippen molar-refractivity contribution in [2.24, 2.45) is 11.8 Å². The van der Waals surface area contributed by atoms with Gasteiger partial charge >= 0.3 is 0 Å². The average molecular weight is 302 g/mol. The molecule has 0 aromatic carbocycles. The highest BCUT2D eigenvalue weighted by Crippen LogP contribution is 2.35. The third kappa shape index (κ3) is 2.86. The van der Waals surface area contributed by atoms with Crippen LogP contribution in [-0.4, -0.2) is 28.2 Å². The fourth-order valence-electron chi connectivity index (χ4n) is 3.49. The van der Waals surface area contributed by atoms with E-state index in [1.54, 1.807) is 0 Å². The van der Waals surface area contributed by atoms with Crippen LogP contribution in [0.4, 0.5) is 0 Å². The Bertz CT molecular complexity index is 279. The van der Waals surface area contributed by atoms with Crippen LogP contribution in [0, 0.1) is 11.8 Å². The normalized spacial score (nSPS) is 35.4. The predicted molar refractivity (Wildman–Crippen MR) is 74.2 cm³/mol.